The lowest BCUT2D eigenvalue weighted by molar-refractivity contribution is 0.609. The van der Waals surface area contributed by atoms with Gasteiger partial charge in [-0.15, -0.1) is 0 Å². The Bertz CT molecular complexity index is 341. The summed E-state index contributed by atoms with van der Waals surface area (Å²) in [7, 11) is 2.08. The Balaban J connectivity index is 2.93. The minimum atomic E-state index is 0.490. The maximum atomic E-state index is 5.74. The van der Waals surface area contributed by atoms with E-state index in [9.17, 15) is 0 Å². The first-order valence-corrected chi connectivity index (χ1v) is 6.46. The van der Waals surface area contributed by atoms with Crippen molar-refractivity contribution in [3.63, 3.8) is 0 Å². The van der Waals surface area contributed by atoms with Crippen molar-refractivity contribution in [3.05, 3.63) is 22.3 Å². The minimum Gasteiger partial charge on any atom is -0.357 e. The number of nitrogens with zero attached hydrogens (tertiary/aromatic N) is 2. The van der Waals surface area contributed by atoms with Gasteiger partial charge in [0.15, 0.2) is 0 Å². The fraction of sp³-hybridized carbons (Fsp3) is 0.583. The summed E-state index contributed by atoms with van der Waals surface area (Å²) >= 11 is 3.42. The van der Waals surface area contributed by atoms with Crippen LogP contribution in [-0.2, 0) is 6.54 Å². The lowest BCUT2D eigenvalue weighted by Gasteiger charge is -2.27. The lowest BCUT2D eigenvalue weighted by Crippen LogP contribution is -2.30. The van der Waals surface area contributed by atoms with E-state index in [0.717, 1.165) is 22.3 Å². The van der Waals surface area contributed by atoms with E-state index in [4.69, 9.17) is 5.73 Å². The molecule has 0 aromatic carbocycles. The number of anilines is 1. The molecule has 1 aromatic rings. The molecular weight excluding hydrogens is 266 g/mol. The standard InChI is InChI=1S/C12H20BrN3/c1-4-5-9(2)16(3)12-10(7-14)6-11(13)8-15-12/h6,8-9H,4-5,7,14H2,1-3H3. The molecule has 1 unspecified atom stereocenters. The van der Waals surface area contributed by atoms with Crippen molar-refractivity contribution < 1.29 is 0 Å². The molecule has 90 valence electrons. The highest BCUT2D eigenvalue weighted by molar-refractivity contribution is 9.10. The van der Waals surface area contributed by atoms with E-state index in [2.05, 4.69) is 46.7 Å². The van der Waals surface area contributed by atoms with Crippen LogP contribution in [0.25, 0.3) is 0 Å². The molecule has 0 amide bonds. The summed E-state index contributed by atoms with van der Waals surface area (Å²) < 4.78 is 0.980. The Morgan fingerprint density at radius 1 is 1.56 bits per heavy atom. The summed E-state index contributed by atoms with van der Waals surface area (Å²) in [6.45, 7) is 4.93. The van der Waals surface area contributed by atoms with E-state index < -0.39 is 0 Å². The third kappa shape index (κ3) is 3.19. The van der Waals surface area contributed by atoms with Crippen LogP contribution >= 0.6 is 15.9 Å². The maximum absolute atomic E-state index is 5.74. The molecule has 0 saturated carbocycles. The molecule has 0 bridgehead atoms. The number of hydrogen-bond donors (Lipinski definition) is 1. The Labute approximate surface area is 106 Å². The van der Waals surface area contributed by atoms with Gasteiger partial charge in [-0.1, -0.05) is 13.3 Å². The molecule has 1 atom stereocenters. The van der Waals surface area contributed by atoms with Crippen molar-refractivity contribution >= 4 is 21.7 Å². The van der Waals surface area contributed by atoms with Gasteiger partial charge in [0.05, 0.1) is 0 Å². The minimum absolute atomic E-state index is 0.490. The fourth-order valence-corrected chi connectivity index (χ4v) is 2.14. The SMILES string of the molecule is CCCC(C)N(C)c1ncc(Br)cc1CN. The van der Waals surface area contributed by atoms with Crippen molar-refractivity contribution in [2.24, 2.45) is 5.73 Å². The summed E-state index contributed by atoms with van der Waals surface area (Å²) in [5.41, 5.74) is 6.83. The zero-order valence-corrected chi connectivity index (χ0v) is 11.8. The summed E-state index contributed by atoms with van der Waals surface area (Å²) in [6, 6.07) is 2.53. The van der Waals surface area contributed by atoms with Gasteiger partial charge in [-0.25, -0.2) is 4.98 Å². The first-order valence-electron chi connectivity index (χ1n) is 5.67. The molecule has 1 aromatic heterocycles. The van der Waals surface area contributed by atoms with Crippen LogP contribution < -0.4 is 10.6 Å². The normalized spacial score (nSPS) is 12.6. The predicted octanol–water partition coefficient (Wildman–Crippen LogP) is 2.93. The van der Waals surface area contributed by atoms with Crippen LogP contribution in [0.3, 0.4) is 0 Å². The number of pyridine rings is 1. The molecule has 0 radical (unpaired) electrons. The molecule has 0 aliphatic carbocycles. The molecular formula is C12H20BrN3. The number of aromatic nitrogens is 1. The second-order valence-corrected chi connectivity index (χ2v) is 5.00. The van der Waals surface area contributed by atoms with Gasteiger partial charge in [-0.3, -0.25) is 0 Å². The first-order chi connectivity index (χ1) is 7.60. The quantitative estimate of drug-likeness (QED) is 0.905. The van der Waals surface area contributed by atoms with Gasteiger partial charge in [0, 0.05) is 35.9 Å². The van der Waals surface area contributed by atoms with Crippen LogP contribution in [0.1, 0.15) is 32.3 Å². The van der Waals surface area contributed by atoms with Crippen LogP contribution in [0.2, 0.25) is 0 Å². The summed E-state index contributed by atoms with van der Waals surface area (Å²) in [6.07, 6.45) is 4.17. The Morgan fingerprint density at radius 3 is 2.81 bits per heavy atom. The molecule has 0 spiro atoms. The highest BCUT2D eigenvalue weighted by Gasteiger charge is 2.13. The van der Waals surface area contributed by atoms with E-state index in [1.807, 2.05) is 12.3 Å². The third-order valence-corrected chi connectivity index (χ3v) is 3.26. The maximum Gasteiger partial charge on any atom is 0.133 e. The molecule has 0 aliphatic heterocycles. The van der Waals surface area contributed by atoms with Crippen molar-refractivity contribution in [2.75, 3.05) is 11.9 Å². The van der Waals surface area contributed by atoms with E-state index in [1.165, 1.54) is 6.42 Å². The Hall–Kier alpha value is -0.610. The van der Waals surface area contributed by atoms with Gasteiger partial charge in [-0.05, 0) is 35.3 Å². The van der Waals surface area contributed by atoms with Gasteiger partial charge in [0.1, 0.15) is 5.82 Å². The topological polar surface area (TPSA) is 42.2 Å². The van der Waals surface area contributed by atoms with Crippen LogP contribution in [0.15, 0.2) is 16.7 Å². The zero-order chi connectivity index (χ0) is 12.1. The monoisotopic (exact) mass is 285 g/mol. The summed E-state index contributed by atoms with van der Waals surface area (Å²) in [5, 5.41) is 0. The number of hydrogen-bond acceptors (Lipinski definition) is 3. The Kier molecular flexibility index (Phi) is 5.22. The highest BCUT2D eigenvalue weighted by Crippen LogP contribution is 2.22. The molecule has 1 heterocycles. The van der Waals surface area contributed by atoms with Gasteiger partial charge in [0.2, 0.25) is 0 Å². The van der Waals surface area contributed by atoms with E-state index in [1.54, 1.807) is 0 Å². The number of rotatable bonds is 5. The van der Waals surface area contributed by atoms with Gasteiger partial charge in [0.25, 0.3) is 0 Å². The average Bonchev–Trinajstić information content (AvgIpc) is 2.28. The lowest BCUT2D eigenvalue weighted by atomic mass is 10.1. The van der Waals surface area contributed by atoms with Crippen LogP contribution in [0.4, 0.5) is 5.82 Å². The number of nitrogens with two attached hydrogens (primary N) is 1. The van der Waals surface area contributed by atoms with Crippen molar-refractivity contribution in [3.8, 4) is 0 Å². The van der Waals surface area contributed by atoms with Gasteiger partial charge in [-0.2, -0.15) is 0 Å². The van der Waals surface area contributed by atoms with E-state index in [-0.39, 0.29) is 0 Å². The first kappa shape index (κ1) is 13.5. The smallest absolute Gasteiger partial charge is 0.133 e. The average molecular weight is 286 g/mol. The molecule has 0 aliphatic rings. The molecule has 3 nitrogen and oxygen atoms in total. The van der Waals surface area contributed by atoms with E-state index in [0.29, 0.717) is 12.6 Å². The molecule has 1 rings (SSSR count). The number of halogens is 1. The van der Waals surface area contributed by atoms with Crippen molar-refractivity contribution in [1.82, 2.24) is 4.98 Å². The van der Waals surface area contributed by atoms with Crippen LogP contribution in [-0.4, -0.2) is 18.1 Å². The van der Waals surface area contributed by atoms with Crippen LogP contribution in [0.5, 0.6) is 0 Å². The second-order valence-electron chi connectivity index (χ2n) is 4.09. The largest absolute Gasteiger partial charge is 0.357 e. The summed E-state index contributed by atoms with van der Waals surface area (Å²) in [5.74, 6) is 0.992. The molecule has 2 N–H and O–H groups in total. The highest BCUT2D eigenvalue weighted by atomic mass is 79.9. The van der Waals surface area contributed by atoms with Gasteiger partial charge >= 0.3 is 0 Å². The molecule has 4 heteroatoms. The molecule has 16 heavy (non-hydrogen) atoms. The van der Waals surface area contributed by atoms with Crippen molar-refractivity contribution in [1.29, 1.82) is 0 Å². The van der Waals surface area contributed by atoms with Gasteiger partial charge < -0.3 is 10.6 Å². The molecule has 0 saturated heterocycles. The zero-order valence-electron chi connectivity index (χ0n) is 10.2. The Morgan fingerprint density at radius 2 is 2.25 bits per heavy atom. The summed E-state index contributed by atoms with van der Waals surface area (Å²) in [4.78, 5) is 6.66. The van der Waals surface area contributed by atoms with E-state index >= 15 is 0 Å². The fourth-order valence-electron chi connectivity index (χ4n) is 1.76. The van der Waals surface area contributed by atoms with Crippen molar-refractivity contribution in [2.45, 2.75) is 39.3 Å². The second kappa shape index (κ2) is 6.21. The molecule has 0 fully saturated rings. The van der Waals surface area contributed by atoms with Crippen LogP contribution in [0, 0.1) is 0 Å². The third-order valence-electron chi connectivity index (χ3n) is 2.83. The predicted molar refractivity (Wildman–Crippen MR) is 72.6 cm³/mol.